The molecule has 7 nitrogen and oxygen atoms in total. The van der Waals surface area contributed by atoms with Crippen LogP contribution in [0.1, 0.15) is 25.3 Å². The van der Waals surface area contributed by atoms with Crippen molar-refractivity contribution in [3.05, 3.63) is 46.0 Å². The number of ether oxygens (including phenoxy) is 1. The average molecular weight is 306 g/mol. The summed E-state index contributed by atoms with van der Waals surface area (Å²) in [5, 5.41) is 13.4. The Kier molecular flexibility index (Phi) is 7.32. The number of carbonyl (C=O) groups excluding carboxylic acids is 2. The first-order valence-electron chi connectivity index (χ1n) is 6.89. The van der Waals surface area contributed by atoms with E-state index >= 15 is 0 Å². The molecule has 0 atom stereocenters. The van der Waals surface area contributed by atoms with Gasteiger partial charge in [0.05, 0.1) is 17.1 Å². The molecule has 0 fully saturated rings. The minimum Gasteiger partial charge on any atom is -0.466 e. The monoisotopic (exact) mass is 306 g/mol. The van der Waals surface area contributed by atoms with E-state index in [1.807, 2.05) is 0 Å². The minimum atomic E-state index is -0.503. The molecule has 22 heavy (non-hydrogen) atoms. The van der Waals surface area contributed by atoms with E-state index in [0.29, 0.717) is 25.1 Å². The fourth-order valence-electron chi connectivity index (χ4n) is 1.70. The van der Waals surface area contributed by atoms with Crippen molar-refractivity contribution in [2.75, 3.05) is 13.2 Å². The number of nitrogens with one attached hydrogen (secondary N) is 1. The predicted molar refractivity (Wildman–Crippen MR) is 81.0 cm³/mol. The number of nitrogens with zero attached hydrogens (tertiary/aromatic N) is 1. The van der Waals surface area contributed by atoms with E-state index in [2.05, 4.69) is 5.32 Å². The lowest BCUT2D eigenvalue weighted by Crippen LogP contribution is -2.22. The van der Waals surface area contributed by atoms with E-state index < -0.39 is 4.92 Å². The van der Waals surface area contributed by atoms with Gasteiger partial charge in [-0.15, -0.1) is 0 Å². The Bertz CT molecular complexity index is 569. The molecule has 0 radical (unpaired) electrons. The van der Waals surface area contributed by atoms with Gasteiger partial charge in [-0.3, -0.25) is 19.7 Å². The number of nitro groups is 1. The molecule has 0 spiro atoms. The zero-order valence-electron chi connectivity index (χ0n) is 12.3. The number of hydrogen-bond donors (Lipinski definition) is 1. The first-order chi connectivity index (χ1) is 10.5. The van der Waals surface area contributed by atoms with Crippen molar-refractivity contribution in [2.45, 2.75) is 19.8 Å². The van der Waals surface area contributed by atoms with Gasteiger partial charge < -0.3 is 10.1 Å². The molecule has 1 aromatic rings. The average Bonchev–Trinajstić information content (AvgIpc) is 2.50. The Morgan fingerprint density at radius 3 is 2.77 bits per heavy atom. The minimum absolute atomic E-state index is 0.0612. The number of hydrogen-bond acceptors (Lipinski definition) is 5. The van der Waals surface area contributed by atoms with Crippen molar-refractivity contribution in [1.82, 2.24) is 5.32 Å². The molecule has 0 saturated carbocycles. The van der Waals surface area contributed by atoms with Gasteiger partial charge in [-0.25, -0.2) is 0 Å². The normalized spacial score (nSPS) is 10.4. The van der Waals surface area contributed by atoms with Crippen molar-refractivity contribution >= 4 is 23.6 Å². The van der Waals surface area contributed by atoms with Crippen LogP contribution in [0.2, 0.25) is 0 Å². The van der Waals surface area contributed by atoms with Crippen LogP contribution in [0.25, 0.3) is 6.08 Å². The number of carbonyl (C=O) groups is 2. The Morgan fingerprint density at radius 2 is 2.09 bits per heavy atom. The van der Waals surface area contributed by atoms with Gasteiger partial charge >= 0.3 is 5.97 Å². The zero-order valence-corrected chi connectivity index (χ0v) is 12.3. The van der Waals surface area contributed by atoms with E-state index in [1.165, 1.54) is 18.2 Å². The Morgan fingerprint density at radius 1 is 1.36 bits per heavy atom. The molecule has 1 N–H and O–H groups in total. The second-order valence-electron chi connectivity index (χ2n) is 4.35. The Hall–Kier alpha value is -2.70. The predicted octanol–water partition coefficient (Wildman–Crippen LogP) is 2.07. The molecule has 0 aliphatic carbocycles. The van der Waals surface area contributed by atoms with E-state index in [9.17, 15) is 19.7 Å². The van der Waals surface area contributed by atoms with Crippen LogP contribution in [0.15, 0.2) is 30.3 Å². The third kappa shape index (κ3) is 6.17. The number of nitro benzene ring substituents is 1. The molecule has 0 unspecified atom stereocenters. The fourth-order valence-corrected chi connectivity index (χ4v) is 1.70. The summed E-state index contributed by atoms with van der Waals surface area (Å²) in [6.45, 7) is 2.40. The summed E-state index contributed by atoms with van der Waals surface area (Å²) in [5.41, 5.74) is 0.294. The third-order valence-electron chi connectivity index (χ3n) is 2.71. The highest BCUT2D eigenvalue weighted by Crippen LogP contribution is 2.18. The quantitative estimate of drug-likeness (QED) is 0.260. The van der Waals surface area contributed by atoms with E-state index in [0.717, 1.165) is 0 Å². The molecule has 0 saturated heterocycles. The summed E-state index contributed by atoms with van der Waals surface area (Å²) in [4.78, 5) is 33.0. The van der Waals surface area contributed by atoms with Gasteiger partial charge in [-0.05, 0) is 25.5 Å². The van der Waals surface area contributed by atoms with Crippen molar-refractivity contribution in [1.29, 1.82) is 0 Å². The molecule has 1 rings (SSSR count). The van der Waals surface area contributed by atoms with Gasteiger partial charge in [0.25, 0.3) is 5.69 Å². The first-order valence-corrected chi connectivity index (χ1v) is 6.89. The molecule has 0 aromatic heterocycles. The molecular formula is C15H18N2O5. The molecular weight excluding hydrogens is 288 g/mol. The molecule has 1 aromatic carbocycles. The SMILES string of the molecule is CCOC(=O)CCCNC(=O)/C=C/c1ccccc1[N+](=O)[O-]. The van der Waals surface area contributed by atoms with Gasteiger partial charge in [-0.2, -0.15) is 0 Å². The molecule has 1 amide bonds. The van der Waals surface area contributed by atoms with Crippen molar-refractivity contribution in [3.63, 3.8) is 0 Å². The van der Waals surface area contributed by atoms with Crippen LogP contribution < -0.4 is 5.32 Å². The standard InChI is InChI=1S/C15H18N2O5/c1-2-22-15(19)8-5-11-16-14(18)10-9-12-6-3-4-7-13(12)17(20)21/h3-4,6-7,9-10H,2,5,8,11H2,1H3,(H,16,18)/b10-9+. The van der Waals surface area contributed by atoms with Gasteiger partial charge in [0.15, 0.2) is 0 Å². The molecule has 118 valence electrons. The summed E-state index contributed by atoms with van der Waals surface area (Å²) in [6, 6.07) is 6.15. The maximum absolute atomic E-state index is 11.6. The largest absolute Gasteiger partial charge is 0.466 e. The van der Waals surface area contributed by atoms with Crippen LogP contribution in [-0.2, 0) is 14.3 Å². The second kappa shape index (κ2) is 9.28. The van der Waals surface area contributed by atoms with Gasteiger partial charge in [0.2, 0.25) is 5.91 Å². The fraction of sp³-hybridized carbons (Fsp3) is 0.333. The molecule has 0 heterocycles. The van der Waals surface area contributed by atoms with Crippen LogP contribution in [-0.4, -0.2) is 30.0 Å². The number of rotatable bonds is 8. The Balaban J connectivity index is 2.42. The van der Waals surface area contributed by atoms with Crippen LogP contribution in [0.4, 0.5) is 5.69 Å². The van der Waals surface area contributed by atoms with Crippen LogP contribution in [0, 0.1) is 10.1 Å². The third-order valence-corrected chi connectivity index (χ3v) is 2.71. The van der Waals surface area contributed by atoms with E-state index in [-0.39, 0.29) is 24.0 Å². The maximum atomic E-state index is 11.6. The number of benzene rings is 1. The highest BCUT2D eigenvalue weighted by atomic mass is 16.6. The topological polar surface area (TPSA) is 98.5 Å². The zero-order chi connectivity index (χ0) is 16.4. The number of amides is 1. The smallest absolute Gasteiger partial charge is 0.305 e. The highest BCUT2D eigenvalue weighted by molar-refractivity contribution is 5.92. The molecule has 0 bridgehead atoms. The molecule has 0 aliphatic heterocycles. The lowest BCUT2D eigenvalue weighted by molar-refractivity contribution is -0.385. The second-order valence-corrected chi connectivity index (χ2v) is 4.35. The number of esters is 1. The van der Waals surface area contributed by atoms with Gasteiger partial charge in [0, 0.05) is 25.1 Å². The van der Waals surface area contributed by atoms with E-state index in [4.69, 9.17) is 4.74 Å². The highest BCUT2D eigenvalue weighted by Gasteiger charge is 2.09. The number of para-hydroxylation sites is 1. The van der Waals surface area contributed by atoms with Gasteiger partial charge in [0.1, 0.15) is 0 Å². The van der Waals surface area contributed by atoms with Crippen molar-refractivity contribution < 1.29 is 19.2 Å². The molecule has 0 aliphatic rings. The van der Waals surface area contributed by atoms with Crippen LogP contribution >= 0.6 is 0 Å². The maximum Gasteiger partial charge on any atom is 0.305 e. The molecule has 7 heteroatoms. The van der Waals surface area contributed by atoms with Crippen molar-refractivity contribution in [2.24, 2.45) is 0 Å². The van der Waals surface area contributed by atoms with E-state index in [1.54, 1.807) is 25.1 Å². The lowest BCUT2D eigenvalue weighted by Gasteiger charge is -2.02. The van der Waals surface area contributed by atoms with Crippen molar-refractivity contribution in [3.8, 4) is 0 Å². The van der Waals surface area contributed by atoms with Crippen LogP contribution in [0.3, 0.4) is 0 Å². The summed E-state index contributed by atoms with van der Waals surface area (Å²) in [5.74, 6) is -0.672. The summed E-state index contributed by atoms with van der Waals surface area (Å²) in [6.07, 6.45) is 3.33. The summed E-state index contributed by atoms with van der Waals surface area (Å²) < 4.78 is 4.76. The summed E-state index contributed by atoms with van der Waals surface area (Å²) >= 11 is 0. The first kappa shape index (κ1) is 17.4. The summed E-state index contributed by atoms with van der Waals surface area (Å²) in [7, 11) is 0. The van der Waals surface area contributed by atoms with Gasteiger partial charge in [-0.1, -0.05) is 12.1 Å². The lowest BCUT2D eigenvalue weighted by atomic mass is 10.1. The van der Waals surface area contributed by atoms with Crippen LogP contribution in [0.5, 0.6) is 0 Å². The Labute approximate surface area is 128 Å².